The Labute approximate surface area is 125 Å². The van der Waals surface area contributed by atoms with Crippen LogP contribution in [0.1, 0.15) is 31.9 Å². The Morgan fingerprint density at radius 2 is 2.10 bits per heavy atom. The maximum absolute atomic E-state index is 13.3. The number of ether oxygens (including phenoxy) is 1. The molecule has 4 nitrogen and oxygen atoms in total. The zero-order valence-corrected chi connectivity index (χ0v) is 13.2. The highest BCUT2D eigenvalue weighted by molar-refractivity contribution is 5.76. The maximum Gasteiger partial charge on any atom is 0.323 e. The molecule has 5 heteroatoms. The third-order valence-corrected chi connectivity index (χ3v) is 2.89. The van der Waals surface area contributed by atoms with E-state index >= 15 is 0 Å². The molecular weight excluding hydrogens is 271 g/mol. The highest BCUT2D eigenvalue weighted by Gasteiger charge is 2.25. The first-order chi connectivity index (χ1) is 9.73. The van der Waals surface area contributed by atoms with Gasteiger partial charge in [0.15, 0.2) is 0 Å². The predicted molar refractivity (Wildman–Crippen MR) is 81.5 cm³/mol. The maximum atomic E-state index is 13.3. The summed E-state index contributed by atoms with van der Waals surface area (Å²) in [6.45, 7) is 8.13. The van der Waals surface area contributed by atoms with Gasteiger partial charge in [-0.05, 0) is 51.3 Å². The molecule has 0 spiro atoms. The average Bonchev–Trinajstić information content (AvgIpc) is 2.36. The summed E-state index contributed by atoms with van der Waals surface area (Å²) in [5, 5.41) is 3.08. The molecule has 0 unspecified atom stereocenters. The standard InChI is InChI=1S/C16H25FN2O2/c1-11-9-12(5-6-13(11)17)10-14(19-8-7-18)15(20)21-16(2,3)4/h5-6,9,14,19H,7-8,10,18H2,1-4H3/t14-/m0/s1. The molecule has 0 saturated carbocycles. The average molecular weight is 296 g/mol. The number of nitrogens with two attached hydrogens (primary N) is 1. The first kappa shape index (κ1) is 17.6. The molecule has 0 aliphatic rings. The highest BCUT2D eigenvalue weighted by Crippen LogP contribution is 2.14. The number of hydrogen-bond donors (Lipinski definition) is 2. The van der Waals surface area contributed by atoms with Crippen molar-refractivity contribution in [3.05, 3.63) is 35.1 Å². The minimum atomic E-state index is -0.543. The van der Waals surface area contributed by atoms with E-state index in [-0.39, 0.29) is 11.8 Å². The van der Waals surface area contributed by atoms with E-state index in [9.17, 15) is 9.18 Å². The van der Waals surface area contributed by atoms with Crippen molar-refractivity contribution in [2.45, 2.75) is 45.8 Å². The van der Waals surface area contributed by atoms with Gasteiger partial charge in [-0.3, -0.25) is 4.79 Å². The lowest BCUT2D eigenvalue weighted by atomic mass is 10.0. The Kier molecular flexibility index (Phi) is 6.30. The Balaban J connectivity index is 2.81. The molecule has 1 aromatic rings. The largest absolute Gasteiger partial charge is 0.459 e. The van der Waals surface area contributed by atoms with E-state index in [1.54, 1.807) is 19.1 Å². The number of hydrogen-bond acceptors (Lipinski definition) is 4. The Hall–Kier alpha value is -1.46. The molecule has 0 aliphatic heterocycles. The fraction of sp³-hybridized carbons (Fsp3) is 0.562. The van der Waals surface area contributed by atoms with Gasteiger partial charge in [0.25, 0.3) is 0 Å². The van der Waals surface area contributed by atoms with E-state index in [2.05, 4.69) is 5.32 Å². The van der Waals surface area contributed by atoms with Gasteiger partial charge in [0.05, 0.1) is 0 Å². The van der Waals surface area contributed by atoms with Crippen molar-refractivity contribution in [1.29, 1.82) is 0 Å². The topological polar surface area (TPSA) is 64.3 Å². The van der Waals surface area contributed by atoms with Gasteiger partial charge in [-0.1, -0.05) is 12.1 Å². The van der Waals surface area contributed by atoms with Crippen LogP contribution in [0.2, 0.25) is 0 Å². The molecule has 0 fully saturated rings. The second kappa shape index (κ2) is 7.52. The molecule has 1 aromatic carbocycles. The van der Waals surface area contributed by atoms with Crippen LogP contribution in [0.3, 0.4) is 0 Å². The molecule has 3 N–H and O–H groups in total. The number of carbonyl (C=O) groups is 1. The van der Waals surface area contributed by atoms with E-state index in [1.807, 2.05) is 20.8 Å². The number of benzene rings is 1. The van der Waals surface area contributed by atoms with E-state index in [4.69, 9.17) is 10.5 Å². The molecular formula is C16H25FN2O2. The molecule has 118 valence electrons. The first-order valence-corrected chi connectivity index (χ1v) is 7.14. The molecule has 0 heterocycles. The van der Waals surface area contributed by atoms with Gasteiger partial charge >= 0.3 is 5.97 Å². The van der Waals surface area contributed by atoms with Gasteiger partial charge in [-0.25, -0.2) is 4.39 Å². The van der Waals surface area contributed by atoms with E-state index in [0.717, 1.165) is 5.56 Å². The van der Waals surface area contributed by atoms with Crippen molar-refractivity contribution in [1.82, 2.24) is 5.32 Å². The molecule has 1 atom stereocenters. The second-order valence-electron chi connectivity index (χ2n) is 6.12. The summed E-state index contributed by atoms with van der Waals surface area (Å²) in [7, 11) is 0. The molecule has 1 rings (SSSR count). The number of carbonyl (C=O) groups excluding carboxylic acids is 1. The van der Waals surface area contributed by atoms with Crippen LogP contribution in [-0.2, 0) is 16.0 Å². The normalized spacial score (nSPS) is 13.0. The van der Waals surface area contributed by atoms with Crippen LogP contribution in [0.15, 0.2) is 18.2 Å². The summed E-state index contributed by atoms with van der Waals surface area (Å²) in [6, 6.07) is 4.36. The van der Waals surface area contributed by atoms with E-state index in [0.29, 0.717) is 25.1 Å². The van der Waals surface area contributed by atoms with Crippen LogP contribution in [0.5, 0.6) is 0 Å². The Bertz CT molecular complexity index is 484. The fourth-order valence-corrected chi connectivity index (χ4v) is 1.94. The van der Waals surface area contributed by atoms with E-state index in [1.165, 1.54) is 6.07 Å². The molecule has 0 amide bonds. The van der Waals surface area contributed by atoms with Crippen LogP contribution in [0, 0.1) is 12.7 Å². The summed E-state index contributed by atoms with van der Waals surface area (Å²) in [6.07, 6.45) is 0.441. The number of rotatable bonds is 6. The molecule has 21 heavy (non-hydrogen) atoms. The van der Waals surface area contributed by atoms with Crippen LogP contribution in [0.4, 0.5) is 4.39 Å². The van der Waals surface area contributed by atoms with Crippen molar-refractivity contribution in [3.63, 3.8) is 0 Å². The van der Waals surface area contributed by atoms with Gasteiger partial charge in [0, 0.05) is 13.1 Å². The zero-order chi connectivity index (χ0) is 16.0. The smallest absolute Gasteiger partial charge is 0.323 e. The third-order valence-electron chi connectivity index (χ3n) is 2.89. The van der Waals surface area contributed by atoms with Crippen LogP contribution in [-0.4, -0.2) is 30.7 Å². The van der Waals surface area contributed by atoms with E-state index < -0.39 is 11.6 Å². The SMILES string of the molecule is Cc1cc(C[C@H](NCCN)C(=O)OC(C)(C)C)ccc1F. The van der Waals surface area contributed by atoms with Crippen molar-refractivity contribution < 1.29 is 13.9 Å². The molecule has 0 aliphatic carbocycles. The van der Waals surface area contributed by atoms with Crippen LogP contribution >= 0.6 is 0 Å². The van der Waals surface area contributed by atoms with Gasteiger partial charge < -0.3 is 15.8 Å². The van der Waals surface area contributed by atoms with Crippen molar-refractivity contribution in [2.24, 2.45) is 5.73 Å². The Morgan fingerprint density at radius 1 is 1.43 bits per heavy atom. The highest BCUT2D eigenvalue weighted by atomic mass is 19.1. The van der Waals surface area contributed by atoms with Gasteiger partial charge in [-0.15, -0.1) is 0 Å². The minimum absolute atomic E-state index is 0.248. The monoisotopic (exact) mass is 296 g/mol. The lowest BCUT2D eigenvalue weighted by Gasteiger charge is -2.24. The lowest BCUT2D eigenvalue weighted by Crippen LogP contribution is -2.44. The van der Waals surface area contributed by atoms with Crippen molar-refractivity contribution in [3.8, 4) is 0 Å². The van der Waals surface area contributed by atoms with Crippen molar-refractivity contribution in [2.75, 3.05) is 13.1 Å². The number of esters is 1. The van der Waals surface area contributed by atoms with Crippen molar-refractivity contribution >= 4 is 5.97 Å². The Morgan fingerprint density at radius 3 is 2.62 bits per heavy atom. The van der Waals surface area contributed by atoms with Gasteiger partial charge in [0.1, 0.15) is 17.5 Å². The van der Waals surface area contributed by atoms with Gasteiger partial charge in [-0.2, -0.15) is 0 Å². The van der Waals surface area contributed by atoms with Gasteiger partial charge in [0.2, 0.25) is 0 Å². The molecule has 0 saturated heterocycles. The first-order valence-electron chi connectivity index (χ1n) is 7.14. The predicted octanol–water partition coefficient (Wildman–Crippen LogP) is 1.94. The quantitative estimate of drug-likeness (QED) is 0.787. The summed E-state index contributed by atoms with van der Waals surface area (Å²) in [4.78, 5) is 12.2. The summed E-state index contributed by atoms with van der Waals surface area (Å²) >= 11 is 0. The summed E-state index contributed by atoms with van der Waals surface area (Å²) in [5.41, 5.74) is 6.38. The summed E-state index contributed by atoms with van der Waals surface area (Å²) in [5.74, 6) is -0.569. The molecule has 0 aromatic heterocycles. The fourth-order valence-electron chi connectivity index (χ4n) is 1.94. The van der Waals surface area contributed by atoms with Crippen LogP contribution < -0.4 is 11.1 Å². The second-order valence-corrected chi connectivity index (χ2v) is 6.12. The number of nitrogens with one attached hydrogen (secondary N) is 1. The number of aryl methyl sites for hydroxylation is 1. The minimum Gasteiger partial charge on any atom is -0.459 e. The molecule has 0 bridgehead atoms. The zero-order valence-electron chi connectivity index (χ0n) is 13.2. The third kappa shape index (κ3) is 6.23. The summed E-state index contributed by atoms with van der Waals surface area (Å²) < 4.78 is 18.7. The number of halogens is 1. The lowest BCUT2D eigenvalue weighted by molar-refractivity contribution is -0.157. The van der Waals surface area contributed by atoms with Crippen LogP contribution in [0.25, 0.3) is 0 Å². The molecule has 0 radical (unpaired) electrons.